The maximum Gasteiger partial charge on any atom is 0.416 e. The van der Waals surface area contributed by atoms with Gasteiger partial charge in [-0.1, -0.05) is 12.1 Å². The topological polar surface area (TPSA) is 9.23 Å². The smallest absolute Gasteiger partial charge is 0.374 e. The second kappa shape index (κ2) is 3.85. The van der Waals surface area contributed by atoms with E-state index in [0.717, 1.165) is 18.9 Å². The van der Waals surface area contributed by atoms with Crippen LogP contribution in [0, 0.1) is 0 Å². The molecule has 0 aromatic heterocycles. The molecule has 1 fully saturated rings. The largest absolute Gasteiger partial charge is 0.416 e. The standard InChI is InChI=1S/C11H11F3O/c12-11(13,14)9-4-1-3-8(7-9)10-5-2-6-15-10/h1,3-4,7,10H,2,5-6H2. The summed E-state index contributed by atoms with van der Waals surface area (Å²) in [5.74, 6) is 0. The molecule has 1 aromatic rings. The normalized spacial score (nSPS) is 21.9. The van der Waals surface area contributed by atoms with Gasteiger partial charge in [-0.15, -0.1) is 0 Å². The molecular weight excluding hydrogens is 205 g/mol. The van der Waals surface area contributed by atoms with Crippen molar-refractivity contribution in [2.75, 3.05) is 6.61 Å². The van der Waals surface area contributed by atoms with E-state index >= 15 is 0 Å². The lowest BCUT2D eigenvalue weighted by Gasteiger charge is -2.12. The van der Waals surface area contributed by atoms with Crippen LogP contribution >= 0.6 is 0 Å². The van der Waals surface area contributed by atoms with Gasteiger partial charge in [-0.25, -0.2) is 0 Å². The van der Waals surface area contributed by atoms with E-state index in [2.05, 4.69) is 0 Å². The fourth-order valence-corrected chi connectivity index (χ4v) is 1.76. The second-order valence-electron chi connectivity index (χ2n) is 3.62. The number of halogens is 3. The molecule has 0 radical (unpaired) electrons. The summed E-state index contributed by atoms with van der Waals surface area (Å²) in [6.45, 7) is 0.640. The molecule has 0 saturated carbocycles. The Hall–Kier alpha value is -1.03. The summed E-state index contributed by atoms with van der Waals surface area (Å²) in [7, 11) is 0. The van der Waals surface area contributed by atoms with Crippen molar-refractivity contribution < 1.29 is 17.9 Å². The lowest BCUT2D eigenvalue weighted by atomic mass is 10.0. The van der Waals surface area contributed by atoms with Crippen LogP contribution in [-0.4, -0.2) is 6.61 Å². The lowest BCUT2D eigenvalue weighted by Crippen LogP contribution is -2.06. The second-order valence-corrected chi connectivity index (χ2v) is 3.62. The van der Waals surface area contributed by atoms with Crippen molar-refractivity contribution in [3.05, 3.63) is 35.4 Å². The Morgan fingerprint density at radius 3 is 2.67 bits per heavy atom. The highest BCUT2D eigenvalue weighted by atomic mass is 19.4. The van der Waals surface area contributed by atoms with Crippen LogP contribution < -0.4 is 0 Å². The van der Waals surface area contributed by atoms with Gasteiger partial charge in [0.2, 0.25) is 0 Å². The van der Waals surface area contributed by atoms with Crippen molar-refractivity contribution >= 4 is 0 Å². The van der Waals surface area contributed by atoms with Crippen molar-refractivity contribution in [3.63, 3.8) is 0 Å². The summed E-state index contributed by atoms with van der Waals surface area (Å²) in [6, 6.07) is 5.37. The predicted octanol–water partition coefficient (Wildman–Crippen LogP) is 3.56. The average molecular weight is 216 g/mol. The van der Waals surface area contributed by atoms with Gasteiger partial charge < -0.3 is 4.74 Å². The van der Waals surface area contributed by atoms with E-state index in [0.29, 0.717) is 12.2 Å². The number of hydrogen-bond acceptors (Lipinski definition) is 1. The number of benzene rings is 1. The Morgan fingerprint density at radius 2 is 2.07 bits per heavy atom. The van der Waals surface area contributed by atoms with E-state index in [1.54, 1.807) is 6.07 Å². The molecule has 2 rings (SSSR count). The van der Waals surface area contributed by atoms with Crippen molar-refractivity contribution in [3.8, 4) is 0 Å². The Labute approximate surface area is 85.9 Å². The van der Waals surface area contributed by atoms with Gasteiger partial charge in [0, 0.05) is 6.61 Å². The third-order valence-electron chi connectivity index (χ3n) is 2.52. The molecular formula is C11H11F3O. The first-order chi connectivity index (χ1) is 7.07. The maximum atomic E-state index is 12.4. The van der Waals surface area contributed by atoms with Crippen LogP contribution in [0.5, 0.6) is 0 Å². The maximum absolute atomic E-state index is 12.4. The summed E-state index contributed by atoms with van der Waals surface area (Å²) in [5.41, 5.74) is 0.0258. The van der Waals surface area contributed by atoms with Crippen molar-refractivity contribution in [1.29, 1.82) is 0 Å². The van der Waals surface area contributed by atoms with Gasteiger partial charge >= 0.3 is 6.18 Å². The van der Waals surface area contributed by atoms with Gasteiger partial charge in [0.1, 0.15) is 0 Å². The third kappa shape index (κ3) is 2.31. The van der Waals surface area contributed by atoms with E-state index in [1.807, 2.05) is 0 Å². The van der Waals surface area contributed by atoms with Crippen LogP contribution in [0.3, 0.4) is 0 Å². The zero-order valence-electron chi connectivity index (χ0n) is 8.05. The molecule has 4 heteroatoms. The third-order valence-corrected chi connectivity index (χ3v) is 2.52. The average Bonchev–Trinajstić information content (AvgIpc) is 2.69. The zero-order valence-corrected chi connectivity index (χ0v) is 8.05. The molecule has 1 saturated heterocycles. The van der Waals surface area contributed by atoms with E-state index in [9.17, 15) is 13.2 Å². The quantitative estimate of drug-likeness (QED) is 0.697. The molecule has 0 spiro atoms. The van der Waals surface area contributed by atoms with Crippen LogP contribution in [0.1, 0.15) is 30.1 Å². The summed E-state index contributed by atoms with van der Waals surface area (Å²) in [5, 5.41) is 0. The monoisotopic (exact) mass is 216 g/mol. The molecule has 1 aromatic carbocycles. The van der Waals surface area contributed by atoms with E-state index in [-0.39, 0.29) is 6.10 Å². The predicted molar refractivity (Wildman–Crippen MR) is 49.4 cm³/mol. The molecule has 1 nitrogen and oxygen atoms in total. The van der Waals surface area contributed by atoms with Gasteiger partial charge in [-0.2, -0.15) is 13.2 Å². The van der Waals surface area contributed by atoms with Crippen molar-refractivity contribution in [1.82, 2.24) is 0 Å². The van der Waals surface area contributed by atoms with Crippen molar-refractivity contribution in [2.24, 2.45) is 0 Å². The van der Waals surface area contributed by atoms with Crippen LogP contribution in [0.25, 0.3) is 0 Å². The molecule has 15 heavy (non-hydrogen) atoms. The Bertz CT molecular complexity index is 340. The minimum absolute atomic E-state index is 0.160. The number of rotatable bonds is 1. The summed E-state index contributed by atoms with van der Waals surface area (Å²) >= 11 is 0. The zero-order chi connectivity index (χ0) is 10.9. The molecule has 0 bridgehead atoms. The van der Waals surface area contributed by atoms with Gasteiger partial charge in [-0.3, -0.25) is 0 Å². The van der Waals surface area contributed by atoms with Crippen molar-refractivity contribution in [2.45, 2.75) is 25.1 Å². The van der Waals surface area contributed by atoms with Gasteiger partial charge in [0.25, 0.3) is 0 Å². The van der Waals surface area contributed by atoms with Gasteiger partial charge in [0.15, 0.2) is 0 Å². The fraction of sp³-hybridized carbons (Fsp3) is 0.455. The molecule has 0 amide bonds. The van der Waals surface area contributed by atoms with Gasteiger partial charge in [-0.05, 0) is 30.5 Å². The minimum Gasteiger partial charge on any atom is -0.374 e. The van der Waals surface area contributed by atoms with E-state index in [1.165, 1.54) is 12.1 Å². The first-order valence-corrected chi connectivity index (χ1v) is 4.86. The fourth-order valence-electron chi connectivity index (χ4n) is 1.76. The van der Waals surface area contributed by atoms with E-state index < -0.39 is 11.7 Å². The first kappa shape index (κ1) is 10.5. The van der Waals surface area contributed by atoms with Crippen LogP contribution in [0.15, 0.2) is 24.3 Å². The molecule has 1 atom stereocenters. The molecule has 0 N–H and O–H groups in total. The van der Waals surface area contributed by atoms with Crippen LogP contribution in [0.4, 0.5) is 13.2 Å². The molecule has 1 heterocycles. The van der Waals surface area contributed by atoms with Gasteiger partial charge in [0.05, 0.1) is 11.7 Å². The molecule has 82 valence electrons. The summed E-state index contributed by atoms with van der Waals surface area (Å²) in [4.78, 5) is 0. The Morgan fingerprint density at radius 1 is 1.27 bits per heavy atom. The Balaban J connectivity index is 2.26. The number of hydrogen-bond donors (Lipinski definition) is 0. The lowest BCUT2D eigenvalue weighted by molar-refractivity contribution is -0.137. The first-order valence-electron chi connectivity index (χ1n) is 4.86. The van der Waals surface area contributed by atoms with Crippen LogP contribution in [-0.2, 0) is 10.9 Å². The summed E-state index contributed by atoms with van der Waals surface area (Å²) in [6.07, 6.45) is -2.70. The Kier molecular flexibility index (Phi) is 2.69. The SMILES string of the molecule is FC(F)(F)c1cccc(C2CCCO2)c1. The number of alkyl halides is 3. The molecule has 0 aliphatic carbocycles. The summed E-state index contributed by atoms with van der Waals surface area (Å²) < 4.78 is 42.6. The highest BCUT2D eigenvalue weighted by molar-refractivity contribution is 5.27. The molecule has 1 aliphatic heterocycles. The minimum atomic E-state index is -4.27. The van der Waals surface area contributed by atoms with Crippen LogP contribution in [0.2, 0.25) is 0 Å². The van der Waals surface area contributed by atoms with E-state index in [4.69, 9.17) is 4.74 Å². The molecule has 1 unspecified atom stereocenters. The molecule has 1 aliphatic rings. The number of ether oxygens (including phenoxy) is 1. The highest BCUT2D eigenvalue weighted by Crippen LogP contribution is 2.34. The highest BCUT2D eigenvalue weighted by Gasteiger charge is 2.31.